The molecule has 0 aliphatic heterocycles. The second-order valence-corrected chi connectivity index (χ2v) is 4.05. The number of rotatable bonds is 4. The van der Waals surface area contributed by atoms with Crippen LogP contribution in [-0.2, 0) is 0 Å². The first-order valence-corrected chi connectivity index (χ1v) is 5.57. The maximum atomic E-state index is 11.9. The molecule has 1 amide bonds. The van der Waals surface area contributed by atoms with Crippen LogP contribution in [-0.4, -0.2) is 35.2 Å². The van der Waals surface area contributed by atoms with E-state index >= 15 is 0 Å². The van der Waals surface area contributed by atoms with E-state index in [0.29, 0.717) is 23.6 Å². The van der Waals surface area contributed by atoms with Gasteiger partial charge in [0.25, 0.3) is 11.6 Å². The highest BCUT2D eigenvalue weighted by Gasteiger charge is 2.15. The molecule has 1 rings (SSSR count). The Balaban J connectivity index is 2.97. The quantitative estimate of drug-likeness (QED) is 0.471. The first-order valence-electron chi connectivity index (χ1n) is 5.04. The van der Waals surface area contributed by atoms with Crippen molar-refractivity contribution in [2.24, 2.45) is 0 Å². The van der Waals surface area contributed by atoms with Gasteiger partial charge < -0.3 is 4.90 Å². The molecule has 0 N–H and O–H groups in total. The predicted octanol–water partition coefficient (Wildman–Crippen LogP) is 2.21. The van der Waals surface area contributed by atoms with Crippen molar-refractivity contribution in [3.8, 4) is 0 Å². The molecule has 0 unspecified atom stereocenters. The number of carbonyl (C=O) groups excluding carboxylic acids is 1. The highest BCUT2D eigenvalue weighted by atomic mass is 35.5. The number of alkyl halides is 1. The minimum atomic E-state index is -0.466. The minimum absolute atomic E-state index is 0.0153. The molecule has 5 nitrogen and oxygen atoms in total. The van der Waals surface area contributed by atoms with Crippen LogP contribution in [0.15, 0.2) is 18.2 Å². The molecule has 0 aliphatic carbocycles. The smallest absolute Gasteiger partial charge is 0.272 e. The number of aryl methyl sites for hydroxylation is 1. The lowest BCUT2D eigenvalue weighted by Crippen LogP contribution is -2.28. The number of nitro groups is 1. The number of benzene rings is 1. The molecule has 0 aromatic heterocycles. The van der Waals surface area contributed by atoms with E-state index < -0.39 is 4.92 Å². The lowest BCUT2D eigenvalue weighted by Gasteiger charge is -2.15. The van der Waals surface area contributed by atoms with Crippen LogP contribution < -0.4 is 0 Å². The van der Waals surface area contributed by atoms with Gasteiger partial charge in [0, 0.05) is 36.7 Å². The summed E-state index contributed by atoms with van der Waals surface area (Å²) in [6.07, 6.45) is 0. The van der Waals surface area contributed by atoms with Crippen LogP contribution in [0.4, 0.5) is 5.69 Å². The fourth-order valence-electron chi connectivity index (χ4n) is 1.44. The molecule has 0 saturated carbocycles. The van der Waals surface area contributed by atoms with E-state index in [2.05, 4.69) is 0 Å². The predicted molar refractivity (Wildman–Crippen MR) is 65.5 cm³/mol. The summed E-state index contributed by atoms with van der Waals surface area (Å²) in [4.78, 5) is 23.5. The second-order valence-electron chi connectivity index (χ2n) is 3.67. The highest BCUT2D eigenvalue weighted by Crippen LogP contribution is 2.19. The summed E-state index contributed by atoms with van der Waals surface area (Å²) in [5.41, 5.74) is 0.919. The molecule has 0 fully saturated rings. The minimum Gasteiger partial charge on any atom is -0.341 e. The van der Waals surface area contributed by atoms with Crippen LogP contribution >= 0.6 is 11.6 Å². The van der Waals surface area contributed by atoms with Gasteiger partial charge in [0.05, 0.1) is 4.92 Å². The number of nitrogens with zero attached hydrogens (tertiary/aromatic N) is 2. The topological polar surface area (TPSA) is 63.5 Å². The summed E-state index contributed by atoms with van der Waals surface area (Å²) in [7, 11) is 1.64. The molecule has 0 spiro atoms. The van der Waals surface area contributed by atoms with Gasteiger partial charge in [-0.3, -0.25) is 14.9 Å². The van der Waals surface area contributed by atoms with Crippen molar-refractivity contribution in [1.82, 2.24) is 4.90 Å². The Labute approximate surface area is 104 Å². The van der Waals surface area contributed by atoms with Crippen molar-refractivity contribution in [3.63, 3.8) is 0 Å². The Morgan fingerprint density at radius 3 is 2.65 bits per heavy atom. The molecule has 0 saturated heterocycles. The molecular formula is C11H13ClN2O3. The van der Waals surface area contributed by atoms with Crippen molar-refractivity contribution in [2.75, 3.05) is 19.5 Å². The van der Waals surface area contributed by atoms with E-state index in [1.54, 1.807) is 14.0 Å². The zero-order valence-corrected chi connectivity index (χ0v) is 10.4. The van der Waals surface area contributed by atoms with Crippen LogP contribution in [0.2, 0.25) is 0 Å². The van der Waals surface area contributed by atoms with Gasteiger partial charge in [0.2, 0.25) is 0 Å². The van der Waals surface area contributed by atoms with Gasteiger partial charge in [0.1, 0.15) is 0 Å². The number of carbonyl (C=O) groups is 1. The van der Waals surface area contributed by atoms with Crippen molar-refractivity contribution in [2.45, 2.75) is 6.92 Å². The maximum absolute atomic E-state index is 11.9. The molecule has 92 valence electrons. The number of halogens is 1. The average Bonchev–Trinajstić information content (AvgIpc) is 2.27. The molecular weight excluding hydrogens is 244 g/mol. The Morgan fingerprint density at radius 2 is 2.18 bits per heavy atom. The fraction of sp³-hybridized carbons (Fsp3) is 0.364. The molecule has 17 heavy (non-hydrogen) atoms. The molecule has 1 aromatic rings. The van der Waals surface area contributed by atoms with Gasteiger partial charge in [-0.15, -0.1) is 11.6 Å². The van der Waals surface area contributed by atoms with Gasteiger partial charge in [-0.05, 0) is 19.1 Å². The molecule has 0 aliphatic rings. The van der Waals surface area contributed by atoms with E-state index in [1.165, 1.54) is 23.1 Å². The van der Waals surface area contributed by atoms with Crippen molar-refractivity contribution in [3.05, 3.63) is 39.4 Å². The Bertz CT molecular complexity index is 448. The molecule has 0 bridgehead atoms. The molecule has 1 aromatic carbocycles. The monoisotopic (exact) mass is 256 g/mol. The van der Waals surface area contributed by atoms with Crippen LogP contribution in [0.25, 0.3) is 0 Å². The summed E-state index contributed by atoms with van der Waals surface area (Å²) in [6, 6.07) is 4.32. The Hall–Kier alpha value is -1.62. The zero-order valence-electron chi connectivity index (χ0n) is 9.64. The van der Waals surface area contributed by atoms with Crippen molar-refractivity contribution >= 4 is 23.2 Å². The summed E-state index contributed by atoms with van der Waals surface area (Å²) in [6.45, 7) is 2.05. The maximum Gasteiger partial charge on any atom is 0.272 e. The largest absolute Gasteiger partial charge is 0.341 e. The molecule has 0 radical (unpaired) electrons. The number of hydrogen-bond donors (Lipinski definition) is 0. The van der Waals surface area contributed by atoms with Crippen LogP contribution in [0.1, 0.15) is 15.9 Å². The van der Waals surface area contributed by atoms with Gasteiger partial charge in [-0.2, -0.15) is 0 Å². The number of nitro benzene ring substituents is 1. The fourth-order valence-corrected chi connectivity index (χ4v) is 1.70. The van der Waals surface area contributed by atoms with E-state index in [-0.39, 0.29) is 11.6 Å². The second kappa shape index (κ2) is 5.63. The molecule has 0 atom stereocenters. The van der Waals surface area contributed by atoms with Gasteiger partial charge in [-0.1, -0.05) is 0 Å². The summed E-state index contributed by atoms with van der Waals surface area (Å²) < 4.78 is 0. The third-order valence-corrected chi connectivity index (χ3v) is 2.58. The molecule has 0 heterocycles. The number of amides is 1. The lowest BCUT2D eigenvalue weighted by atomic mass is 10.1. The standard InChI is InChI=1S/C11H13ClN2O3/c1-8-7-9(3-4-10(8)14(16)17)11(15)13(2)6-5-12/h3-4,7H,5-6H2,1-2H3. The zero-order chi connectivity index (χ0) is 13.0. The first-order chi connectivity index (χ1) is 7.97. The molecule has 6 heteroatoms. The van der Waals surface area contributed by atoms with E-state index in [9.17, 15) is 14.9 Å². The first kappa shape index (κ1) is 13.4. The summed E-state index contributed by atoms with van der Waals surface area (Å²) >= 11 is 5.54. The third-order valence-electron chi connectivity index (χ3n) is 2.41. The average molecular weight is 257 g/mol. The third kappa shape index (κ3) is 3.17. The van der Waals surface area contributed by atoms with E-state index in [4.69, 9.17) is 11.6 Å². The summed E-state index contributed by atoms with van der Waals surface area (Å²) in [5, 5.41) is 10.6. The normalized spacial score (nSPS) is 10.1. The SMILES string of the molecule is Cc1cc(C(=O)N(C)CCCl)ccc1[N+](=O)[O-]. The van der Waals surface area contributed by atoms with E-state index in [0.717, 1.165) is 0 Å². The van der Waals surface area contributed by atoms with Crippen LogP contribution in [0, 0.1) is 17.0 Å². The lowest BCUT2D eigenvalue weighted by molar-refractivity contribution is -0.385. The van der Waals surface area contributed by atoms with Crippen LogP contribution in [0.5, 0.6) is 0 Å². The van der Waals surface area contributed by atoms with Crippen molar-refractivity contribution < 1.29 is 9.72 Å². The Morgan fingerprint density at radius 1 is 1.53 bits per heavy atom. The number of hydrogen-bond acceptors (Lipinski definition) is 3. The summed E-state index contributed by atoms with van der Waals surface area (Å²) in [5.74, 6) is 0.164. The van der Waals surface area contributed by atoms with Gasteiger partial charge in [-0.25, -0.2) is 0 Å². The van der Waals surface area contributed by atoms with Gasteiger partial charge in [0.15, 0.2) is 0 Å². The van der Waals surface area contributed by atoms with E-state index in [1.807, 2.05) is 0 Å². The van der Waals surface area contributed by atoms with Crippen LogP contribution in [0.3, 0.4) is 0 Å². The van der Waals surface area contributed by atoms with Crippen molar-refractivity contribution in [1.29, 1.82) is 0 Å². The highest BCUT2D eigenvalue weighted by molar-refractivity contribution is 6.18. The van der Waals surface area contributed by atoms with Gasteiger partial charge >= 0.3 is 0 Å². The Kier molecular flexibility index (Phi) is 4.45.